The van der Waals surface area contributed by atoms with E-state index in [9.17, 15) is 0 Å². The highest BCUT2D eigenvalue weighted by Gasteiger charge is 2.55. The van der Waals surface area contributed by atoms with Crippen LogP contribution in [0.5, 0.6) is 0 Å². The van der Waals surface area contributed by atoms with Crippen LogP contribution in [0, 0.1) is 17.3 Å². The van der Waals surface area contributed by atoms with Crippen LogP contribution in [0.2, 0.25) is 0 Å². The van der Waals surface area contributed by atoms with Crippen LogP contribution >= 0.6 is 0 Å². The van der Waals surface area contributed by atoms with Crippen molar-refractivity contribution < 1.29 is 0 Å². The molecule has 0 spiro atoms. The molecule has 15 heavy (non-hydrogen) atoms. The maximum Gasteiger partial charge on any atom is -0.0143 e. The average molecular weight is 204 g/mol. The molecule has 0 nitrogen and oxygen atoms in total. The summed E-state index contributed by atoms with van der Waals surface area (Å²) in [5.41, 5.74) is 3.78. The summed E-state index contributed by atoms with van der Waals surface area (Å²) in [4.78, 5) is 0. The molecule has 2 aliphatic carbocycles. The Hall–Kier alpha value is -0.520. The molecule has 0 aromatic heterocycles. The molecule has 0 unspecified atom stereocenters. The maximum atomic E-state index is 2.55. The maximum absolute atomic E-state index is 2.55. The summed E-state index contributed by atoms with van der Waals surface area (Å²) in [6.07, 6.45) is 10.2. The SMILES string of the molecule is C/C1=C/CC/C(C)=C/[C@H]2[C@@H](CC1)C2(C)C. The number of fused-ring (bicyclic) bond motifs is 1. The van der Waals surface area contributed by atoms with Crippen molar-refractivity contribution in [2.45, 2.75) is 53.4 Å². The van der Waals surface area contributed by atoms with Crippen LogP contribution in [0.1, 0.15) is 53.4 Å². The van der Waals surface area contributed by atoms with Crippen LogP contribution in [0.25, 0.3) is 0 Å². The van der Waals surface area contributed by atoms with E-state index in [0.29, 0.717) is 5.41 Å². The van der Waals surface area contributed by atoms with E-state index in [1.807, 2.05) is 0 Å². The Kier molecular flexibility index (Phi) is 2.79. The first-order valence-electron chi connectivity index (χ1n) is 6.34. The first-order valence-corrected chi connectivity index (χ1v) is 6.34. The molecule has 2 rings (SSSR count). The molecule has 0 amide bonds. The molecule has 0 heteroatoms. The Morgan fingerprint density at radius 2 is 1.87 bits per heavy atom. The van der Waals surface area contributed by atoms with Gasteiger partial charge in [0.25, 0.3) is 0 Å². The molecular weight excluding hydrogens is 180 g/mol. The molecule has 0 radical (unpaired) electrons. The monoisotopic (exact) mass is 204 g/mol. The number of hydrogen-bond donors (Lipinski definition) is 0. The summed E-state index contributed by atoms with van der Waals surface area (Å²) >= 11 is 0. The van der Waals surface area contributed by atoms with Crippen molar-refractivity contribution in [1.29, 1.82) is 0 Å². The Morgan fingerprint density at radius 1 is 1.13 bits per heavy atom. The fourth-order valence-corrected chi connectivity index (χ4v) is 3.09. The second-order valence-electron chi connectivity index (χ2n) is 6.09. The van der Waals surface area contributed by atoms with E-state index in [1.54, 1.807) is 11.1 Å². The minimum absolute atomic E-state index is 0.575. The second-order valence-corrected chi connectivity index (χ2v) is 6.09. The summed E-state index contributed by atoms with van der Waals surface area (Å²) in [5.74, 6) is 1.80. The van der Waals surface area contributed by atoms with Gasteiger partial charge < -0.3 is 0 Å². The zero-order valence-electron chi connectivity index (χ0n) is 10.6. The highest BCUT2D eigenvalue weighted by atomic mass is 14.6. The van der Waals surface area contributed by atoms with Crippen LogP contribution < -0.4 is 0 Å². The average Bonchev–Trinajstić information content (AvgIpc) is 2.65. The van der Waals surface area contributed by atoms with Gasteiger partial charge in [-0.15, -0.1) is 0 Å². The first kappa shape index (κ1) is 11.0. The molecule has 0 bridgehead atoms. The lowest BCUT2D eigenvalue weighted by molar-refractivity contribution is 0.528. The molecule has 1 fully saturated rings. The van der Waals surface area contributed by atoms with Crippen molar-refractivity contribution in [2.24, 2.45) is 17.3 Å². The lowest BCUT2D eigenvalue weighted by Crippen LogP contribution is -1.90. The van der Waals surface area contributed by atoms with Crippen molar-refractivity contribution in [3.63, 3.8) is 0 Å². The molecule has 84 valence electrons. The summed E-state index contributed by atoms with van der Waals surface area (Å²) < 4.78 is 0. The molecule has 1 saturated carbocycles. The molecule has 0 saturated heterocycles. The normalized spacial score (nSPS) is 41.9. The van der Waals surface area contributed by atoms with Crippen molar-refractivity contribution in [3.05, 3.63) is 23.3 Å². The predicted octanol–water partition coefficient (Wildman–Crippen LogP) is 4.73. The predicted molar refractivity (Wildman–Crippen MR) is 66.7 cm³/mol. The molecular formula is C15H24. The molecule has 0 aromatic rings. The molecule has 2 aliphatic rings. The van der Waals surface area contributed by atoms with E-state index in [-0.39, 0.29) is 0 Å². The number of rotatable bonds is 0. The van der Waals surface area contributed by atoms with Crippen molar-refractivity contribution >= 4 is 0 Å². The van der Waals surface area contributed by atoms with Gasteiger partial charge in [-0.1, -0.05) is 37.1 Å². The zero-order valence-corrected chi connectivity index (χ0v) is 10.6. The number of allylic oxidation sites excluding steroid dienone is 4. The fourth-order valence-electron chi connectivity index (χ4n) is 3.09. The van der Waals surface area contributed by atoms with Gasteiger partial charge in [-0.3, -0.25) is 0 Å². The first-order chi connectivity index (χ1) is 7.01. The van der Waals surface area contributed by atoms with Crippen LogP contribution in [0.4, 0.5) is 0 Å². The van der Waals surface area contributed by atoms with Gasteiger partial charge in [-0.2, -0.15) is 0 Å². The Balaban J connectivity index is 2.13. The summed E-state index contributed by atoms with van der Waals surface area (Å²) in [7, 11) is 0. The summed E-state index contributed by atoms with van der Waals surface area (Å²) in [5, 5.41) is 0. The minimum atomic E-state index is 0.575. The minimum Gasteiger partial charge on any atom is -0.0853 e. The lowest BCUT2D eigenvalue weighted by atomic mass is 10.0. The molecule has 0 aromatic carbocycles. The molecule has 2 atom stereocenters. The summed E-state index contributed by atoms with van der Waals surface area (Å²) in [6.45, 7) is 9.47. The topological polar surface area (TPSA) is 0 Å². The van der Waals surface area contributed by atoms with Gasteiger partial charge >= 0.3 is 0 Å². The molecule has 0 heterocycles. The van der Waals surface area contributed by atoms with E-state index < -0.39 is 0 Å². The highest BCUT2D eigenvalue weighted by Crippen LogP contribution is 2.61. The van der Waals surface area contributed by atoms with E-state index in [0.717, 1.165) is 11.8 Å². The zero-order chi connectivity index (χ0) is 11.1. The van der Waals surface area contributed by atoms with Gasteiger partial charge in [0.05, 0.1) is 0 Å². The van der Waals surface area contributed by atoms with Crippen molar-refractivity contribution in [3.8, 4) is 0 Å². The van der Waals surface area contributed by atoms with E-state index in [1.165, 1.54) is 25.7 Å². The largest absolute Gasteiger partial charge is 0.0853 e. The fraction of sp³-hybridized carbons (Fsp3) is 0.733. The highest BCUT2D eigenvalue weighted by molar-refractivity contribution is 5.19. The third-order valence-corrected chi connectivity index (χ3v) is 4.48. The van der Waals surface area contributed by atoms with Crippen LogP contribution in [-0.2, 0) is 0 Å². The van der Waals surface area contributed by atoms with Crippen molar-refractivity contribution in [2.75, 3.05) is 0 Å². The quantitative estimate of drug-likeness (QED) is 0.501. The smallest absolute Gasteiger partial charge is 0.0143 e. The van der Waals surface area contributed by atoms with E-state index in [4.69, 9.17) is 0 Å². The number of hydrogen-bond acceptors (Lipinski definition) is 0. The van der Waals surface area contributed by atoms with Gasteiger partial charge in [-0.05, 0) is 56.8 Å². The van der Waals surface area contributed by atoms with E-state index >= 15 is 0 Å². The second kappa shape index (κ2) is 3.81. The summed E-state index contributed by atoms with van der Waals surface area (Å²) in [6, 6.07) is 0. The van der Waals surface area contributed by atoms with Crippen LogP contribution in [0.15, 0.2) is 23.3 Å². The third-order valence-electron chi connectivity index (χ3n) is 4.48. The lowest BCUT2D eigenvalue weighted by Gasteiger charge is -2.05. The van der Waals surface area contributed by atoms with Crippen LogP contribution in [-0.4, -0.2) is 0 Å². The molecule has 0 N–H and O–H groups in total. The Bertz CT molecular complexity index is 304. The Morgan fingerprint density at radius 3 is 2.60 bits per heavy atom. The van der Waals surface area contributed by atoms with Crippen molar-refractivity contribution in [1.82, 2.24) is 0 Å². The standard InChI is InChI=1S/C15H24/c1-11-6-5-7-12(2)10-14-13(9-8-11)15(14,3)4/h6,10,13-14H,5,7-9H2,1-4H3/b11-6-,12-10+/t13-,14+/m1/s1. The Labute approximate surface area is 94.5 Å². The van der Waals surface area contributed by atoms with E-state index in [2.05, 4.69) is 39.8 Å². The van der Waals surface area contributed by atoms with Gasteiger partial charge in [0.1, 0.15) is 0 Å². The third kappa shape index (κ3) is 2.19. The van der Waals surface area contributed by atoms with Crippen LogP contribution in [0.3, 0.4) is 0 Å². The van der Waals surface area contributed by atoms with Gasteiger partial charge in [-0.25, -0.2) is 0 Å². The molecule has 0 aliphatic heterocycles. The van der Waals surface area contributed by atoms with Gasteiger partial charge in [0.15, 0.2) is 0 Å². The van der Waals surface area contributed by atoms with Gasteiger partial charge in [0.2, 0.25) is 0 Å². The van der Waals surface area contributed by atoms with Gasteiger partial charge in [0, 0.05) is 0 Å².